The van der Waals surface area contributed by atoms with Gasteiger partial charge in [-0.3, -0.25) is 9.69 Å². The van der Waals surface area contributed by atoms with Gasteiger partial charge in [0.25, 0.3) is 0 Å². The molecule has 1 fully saturated rings. The second-order valence-corrected chi connectivity index (χ2v) is 6.02. The van der Waals surface area contributed by atoms with E-state index in [-0.39, 0.29) is 24.5 Å². The zero-order valence-electron chi connectivity index (χ0n) is 13.1. The first-order chi connectivity index (χ1) is 10.5. The molecule has 5 nitrogen and oxygen atoms in total. The summed E-state index contributed by atoms with van der Waals surface area (Å²) in [4.78, 5) is 25.0. The molecule has 1 heterocycles. The molecule has 5 heteroatoms. The average Bonchev–Trinajstić information content (AvgIpc) is 2.85. The summed E-state index contributed by atoms with van der Waals surface area (Å²) in [5, 5.41) is 8.97. The molecule has 0 bridgehead atoms. The van der Waals surface area contributed by atoms with Crippen molar-refractivity contribution in [1.29, 1.82) is 0 Å². The Morgan fingerprint density at radius 2 is 2.18 bits per heavy atom. The minimum atomic E-state index is -0.758. The summed E-state index contributed by atoms with van der Waals surface area (Å²) >= 11 is 0. The smallest absolute Gasteiger partial charge is 0.338 e. The zero-order chi connectivity index (χ0) is 16.1. The van der Waals surface area contributed by atoms with Crippen molar-refractivity contribution in [2.24, 2.45) is 0 Å². The predicted octanol–water partition coefficient (Wildman–Crippen LogP) is 2.69. The summed E-state index contributed by atoms with van der Waals surface area (Å²) in [6, 6.07) is 7.47. The van der Waals surface area contributed by atoms with E-state index in [9.17, 15) is 9.59 Å². The molecule has 0 aromatic heterocycles. The quantitative estimate of drug-likeness (QED) is 0.819. The number of hydrogen-bond acceptors (Lipinski definition) is 4. The van der Waals surface area contributed by atoms with E-state index in [0.717, 1.165) is 24.9 Å². The molecule has 1 aliphatic rings. The number of hydrogen-bond donors (Lipinski definition) is 1. The van der Waals surface area contributed by atoms with Crippen LogP contribution in [-0.2, 0) is 16.1 Å². The Bertz CT molecular complexity index is 541. The van der Waals surface area contributed by atoms with Crippen LogP contribution in [0.5, 0.6) is 0 Å². The van der Waals surface area contributed by atoms with Gasteiger partial charge in [-0.2, -0.15) is 0 Å². The van der Waals surface area contributed by atoms with Crippen molar-refractivity contribution in [3.63, 3.8) is 0 Å². The number of ether oxygens (including phenoxy) is 1. The lowest BCUT2D eigenvalue weighted by atomic mass is 10.1. The summed E-state index contributed by atoms with van der Waals surface area (Å²) in [6.07, 6.45) is 1.97. The number of esters is 1. The maximum Gasteiger partial charge on any atom is 0.338 e. The van der Waals surface area contributed by atoms with Crippen LogP contribution in [-0.4, -0.2) is 40.6 Å². The Morgan fingerprint density at radius 1 is 1.41 bits per heavy atom. The van der Waals surface area contributed by atoms with Gasteiger partial charge in [0.1, 0.15) is 0 Å². The molecule has 1 aliphatic heterocycles. The maximum atomic E-state index is 11.9. The van der Waals surface area contributed by atoms with Gasteiger partial charge in [0, 0.05) is 12.6 Å². The molecule has 1 saturated heterocycles. The molecule has 0 aliphatic carbocycles. The van der Waals surface area contributed by atoms with Crippen molar-refractivity contribution in [2.75, 3.05) is 6.54 Å². The lowest BCUT2D eigenvalue weighted by Crippen LogP contribution is -2.30. The zero-order valence-corrected chi connectivity index (χ0v) is 13.1. The Balaban J connectivity index is 2.03. The van der Waals surface area contributed by atoms with Crippen LogP contribution in [0.25, 0.3) is 0 Å². The third-order valence-electron chi connectivity index (χ3n) is 3.80. The predicted molar refractivity (Wildman–Crippen MR) is 82.7 cm³/mol. The molecule has 1 aromatic carbocycles. The molecule has 0 spiro atoms. The first-order valence-electron chi connectivity index (χ1n) is 7.71. The molecule has 0 radical (unpaired) electrons. The number of rotatable bonds is 6. The highest BCUT2D eigenvalue weighted by Gasteiger charge is 2.26. The van der Waals surface area contributed by atoms with Gasteiger partial charge in [-0.1, -0.05) is 12.1 Å². The second kappa shape index (κ2) is 7.40. The van der Waals surface area contributed by atoms with Gasteiger partial charge in [0.2, 0.25) is 0 Å². The van der Waals surface area contributed by atoms with E-state index < -0.39 is 5.97 Å². The standard InChI is InChI=1S/C17H23NO4/c1-12(2)22-17(21)14-6-3-5-13(9-14)11-18-8-4-7-15(18)10-16(19)20/h3,5-6,9,12,15H,4,7-8,10-11H2,1-2H3,(H,19,20). The highest BCUT2D eigenvalue weighted by Crippen LogP contribution is 2.23. The van der Waals surface area contributed by atoms with Gasteiger partial charge in [-0.15, -0.1) is 0 Å². The van der Waals surface area contributed by atoms with Gasteiger partial charge >= 0.3 is 11.9 Å². The number of carboxylic acids is 1. The van der Waals surface area contributed by atoms with Crippen molar-refractivity contribution in [3.05, 3.63) is 35.4 Å². The highest BCUT2D eigenvalue weighted by atomic mass is 16.5. The summed E-state index contributed by atoms with van der Waals surface area (Å²) in [7, 11) is 0. The van der Waals surface area contributed by atoms with Crippen molar-refractivity contribution < 1.29 is 19.4 Å². The van der Waals surface area contributed by atoms with E-state index >= 15 is 0 Å². The van der Waals surface area contributed by atoms with Gasteiger partial charge in [0.05, 0.1) is 18.1 Å². The van der Waals surface area contributed by atoms with E-state index in [1.807, 2.05) is 32.0 Å². The molecular formula is C17H23NO4. The lowest BCUT2D eigenvalue weighted by Gasteiger charge is -2.23. The third kappa shape index (κ3) is 4.56. The first-order valence-corrected chi connectivity index (χ1v) is 7.71. The van der Waals surface area contributed by atoms with Crippen LogP contribution in [0.2, 0.25) is 0 Å². The van der Waals surface area contributed by atoms with Crippen molar-refractivity contribution >= 4 is 11.9 Å². The molecule has 120 valence electrons. The highest BCUT2D eigenvalue weighted by molar-refractivity contribution is 5.89. The van der Waals surface area contributed by atoms with Crippen LogP contribution < -0.4 is 0 Å². The first kappa shape index (κ1) is 16.5. The summed E-state index contributed by atoms with van der Waals surface area (Å²) < 4.78 is 5.20. The number of benzene rings is 1. The molecule has 0 amide bonds. The third-order valence-corrected chi connectivity index (χ3v) is 3.80. The van der Waals surface area contributed by atoms with E-state index in [1.54, 1.807) is 6.07 Å². The Labute approximate surface area is 130 Å². The average molecular weight is 305 g/mol. The molecule has 1 atom stereocenters. The fraction of sp³-hybridized carbons (Fsp3) is 0.529. The van der Waals surface area contributed by atoms with Crippen LogP contribution in [0.3, 0.4) is 0 Å². The minimum Gasteiger partial charge on any atom is -0.481 e. The van der Waals surface area contributed by atoms with E-state index in [1.165, 1.54) is 0 Å². The SMILES string of the molecule is CC(C)OC(=O)c1cccc(CN2CCCC2CC(=O)O)c1. The fourth-order valence-electron chi connectivity index (χ4n) is 2.85. The summed E-state index contributed by atoms with van der Waals surface area (Å²) in [6.45, 7) is 5.21. The van der Waals surface area contributed by atoms with Gasteiger partial charge < -0.3 is 9.84 Å². The fourth-order valence-corrected chi connectivity index (χ4v) is 2.85. The summed E-state index contributed by atoms with van der Waals surface area (Å²) in [5.41, 5.74) is 1.55. The number of carbonyl (C=O) groups excluding carboxylic acids is 1. The van der Waals surface area contributed by atoms with E-state index in [4.69, 9.17) is 9.84 Å². The number of carbonyl (C=O) groups is 2. The Hall–Kier alpha value is -1.88. The molecular weight excluding hydrogens is 282 g/mol. The van der Waals surface area contributed by atoms with Crippen molar-refractivity contribution in [3.8, 4) is 0 Å². The largest absolute Gasteiger partial charge is 0.481 e. The number of likely N-dealkylation sites (tertiary alicyclic amines) is 1. The van der Waals surface area contributed by atoms with Crippen molar-refractivity contribution in [1.82, 2.24) is 4.90 Å². The van der Waals surface area contributed by atoms with Crippen LogP contribution in [0.15, 0.2) is 24.3 Å². The molecule has 1 N–H and O–H groups in total. The lowest BCUT2D eigenvalue weighted by molar-refractivity contribution is -0.138. The monoisotopic (exact) mass is 305 g/mol. The number of aliphatic carboxylic acids is 1. The maximum absolute atomic E-state index is 11.9. The molecule has 22 heavy (non-hydrogen) atoms. The van der Waals surface area contributed by atoms with Gasteiger partial charge in [0.15, 0.2) is 0 Å². The van der Waals surface area contributed by atoms with Crippen LogP contribution in [0.1, 0.15) is 49.0 Å². The Morgan fingerprint density at radius 3 is 2.86 bits per heavy atom. The summed E-state index contributed by atoms with van der Waals surface area (Å²) in [5.74, 6) is -1.08. The van der Waals surface area contributed by atoms with Crippen molar-refractivity contribution in [2.45, 2.75) is 51.8 Å². The normalized spacial score (nSPS) is 18.6. The molecule has 1 aromatic rings. The van der Waals surface area contributed by atoms with Gasteiger partial charge in [-0.05, 0) is 50.9 Å². The minimum absolute atomic E-state index is 0.0868. The van der Waals surface area contributed by atoms with Crippen LogP contribution in [0, 0.1) is 0 Å². The van der Waals surface area contributed by atoms with Gasteiger partial charge in [-0.25, -0.2) is 4.79 Å². The Kier molecular flexibility index (Phi) is 5.55. The number of carboxylic acid groups (broad SMARTS) is 1. The van der Waals surface area contributed by atoms with Crippen LogP contribution in [0.4, 0.5) is 0 Å². The van der Waals surface area contributed by atoms with E-state index in [0.29, 0.717) is 12.1 Å². The topological polar surface area (TPSA) is 66.8 Å². The van der Waals surface area contributed by atoms with Crippen LogP contribution >= 0.6 is 0 Å². The molecule has 2 rings (SSSR count). The van der Waals surface area contributed by atoms with E-state index in [2.05, 4.69) is 4.90 Å². The molecule has 1 unspecified atom stereocenters. The number of nitrogens with zero attached hydrogens (tertiary/aromatic N) is 1. The second-order valence-electron chi connectivity index (χ2n) is 6.02. The molecule has 0 saturated carbocycles.